The molecular formula is C20H25FN3O3+. The van der Waals surface area contributed by atoms with Gasteiger partial charge in [0.05, 0.1) is 46.1 Å². The molecule has 2 amide bonds. The largest absolute Gasteiger partial charge is 0.497 e. The average Bonchev–Trinajstić information content (AvgIpc) is 2.69. The summed E-state index contributed by atoms with van der Waals surface area (Å²) in [4.78, 5) is 15.7. The summed E-state index contributed by atoms with van der Waals surface area (Å²) in [6.45, 7) is 3.71. The molecule has 3 rings (SSSR count). The van der Waals surface area contributed by atoms with Gasteiger partial charge in [-0.2, -0.15) is 0 Å². The summed E-state index contributed by atoms with van der Waals surface area (Å²) in [6.07, 6.45) is 0. The second-order valence-corrected chi connectivity index (χ2v) is 6.54. The van der Waals surface area contributed by atoms with Crippen LogP contribution in [0, 0.1) is 5.82 Å². The summed E-state index contributed by atoms with van der Waals surface area (Å²) in [7, 11) is 3.14. The summed E-state index contributed by atoms with van der Waals surface area (Å²) in [5, 5.41) is 2.90. The van der Waals surface area contributed by atoms with E-state index in [9.17, 15) is 9.18 Å². The van der Waals surface area contributed by atoms with E-state index in [-0.39, 0.29) is 11.8 Å². The average molecular weight is 374 g/mol. The van der Waals surface area contributed by atoms with Crippen molar-refractivity contribution >= 4 is 11.7 Å². The van der Waals surface area contributed by atoms with Crippen molar-refractivity contribution in [2.45, 2.75) is 6.54 Å². The molecule has 0 radical (unpaired) electrons. The minimum Gasteiger partial charge on any atom is -0.497 e. The Morgan fingerprint density at radius 3 is 2.59 bits per heavy atom. The van der Waals surface area contributed by atoms with E-state index in [1.807, 2.05) is 6.07 Å². The summed E-state index contributed by atoms with van der Waals surface area (Å²) in [5.74, 6) is 1.01. The number of anilines is 1. The van der Waals surface area contributed by atoms with Gasteiger partial charge in [0, 0.05) is 11.6 Å². The van der Waals surface area contributed by atoms with Crippen molar-refractivity contribution in [1.29, 1.82) is 0 Å². The van der Waals surface area contributed by atoms with Crippen LogP contribution in [-0.4, -0.2) is 51.3 Å². The Kier molecular flexibility index (Phi) is 6.13. The Bertz CT molecular complexity index is 792. The maximum atomic E-state index is 13.3. The van der Waals surface area contributed by atoms with Gasteiger partial charge in [-0.3, -0.25) is 0 Å². The lowest BCUT2D eigenvalue weighted by Crippen LogP contribution is -3.13. The Hall–Kier alpha value is -2.80. The molecule has 0 aliphatic carbocycles. The first-order chi connectivity index (χ1) is 13.1. The molecule has 0 aromatic heterocycles. The first-order valence-corrected chi connectivity index (χ1v) is 8.95. The van der Waals surface area contributed by atoms with Crippen molar-refractivity contribution < 1.29 is 23.6 Å². The number of hydrogen-bond donors (Lipinski definition) is 2. The lowest BCUT2D eigenvalue weighted by molar-refractivity contribution is -0.917. The molecule has 0 bridgehead atoms. The molecule has 27 heavy (non-hydrogen) atoms. The fraction of sp³-hybridized carbons (Fsp3) is 0.350. The summed E-state index contributed by atoms with van der Waals surface area (Å²) < 4.78 is 23.8. The Balaban J connectivity index is 1.54. The minimum absolute atomic E-state index is 0.150. The zero-order valence-corrected chi connectivity index (χ0v) is 15.6. The van der Waals surface area contributed by atoms with Crippen molar-refractivity contribution in [2.24, 2.45) is 0 Å². The molecule has 0 unspecified atom stereocenters. The molecule has 2 N–H and O–H groups in total. The van der Waals surface area contributed by atoms with Gasteiger partial charge in [0.15, 0.2) is 0 Å². The molecule has 2 aromatic rings. The number of quaternary nitrogens is 1. The first-order valence-electron chi connectivity index (χ1n) is 8.95. The molecule has 1 saturated heterocycles. The van der Waals surface area contributed by atoms with Crippen molar-refractivity contribution in [2.75, 3.05) is 45.7 Å². The number of hydrogen-bond acceptors (Lipinski definition) is 3. The second kappa shape index (κ2) is 8.73. The predicted molar refractivity (Wildman–Crippen MR) is 101 cm³/mol. The van der Waals surface area contributed by atoms with Gasteiger partial charge in [0.1, 0.15) is 23.9 Å². The molecule has 1 fully saturated rings. The Morgan fingerprint density at radius 1 is 1.15 bits per heavy atom. The van der Waals surface area contributed by atoms with Crippen LogP contribution in [0.5, 0.6) is 11.5 Å². The smallest absolute Gasteiger partial charge is 0.322 e. The third-order valence-corrected chi connectivity index (χ3v) is 4.75. The van der Waals surface area contributed by atoms with E-state index in [2.05, 4.69) is 5.32 Å². The SMILES string of the molecule is COc1ccc(NC(=O)N2CC[NH+](Cc3cccc(F)c3)CC2)c(OC)c1. The number of urea groups is 1. The molecule has 144 valence electrons. The number of rotatable bonds is 5. The van der Waals surface area contributed by atoms with E-state index in [1.165, 1.54) is 11.0 Å². The molecule has 1 aliphatic heterocycles. The lowest BCUT2D eigenvalue weighted by Gasteiger charge is -2.32. The maximum absolute atomic E-state index is 13.3. The van der Waals surface area contributed by atoms with E-state index in [4.69, 9.17) is 9.47 Å². The van der Waals surface area contributed by atoms with Crippen molar-refractivity contribution in [3.05, 3.63) is 53.8 Å². The number of amides is 2. The fourth-order valence-corrected chi connectivity index (χ4v) is 3.23. The number of nitrogens with zero attached hydrogens (tertiary/aromatic N) is 1. The van der Waals surface area contributed by atoms with Crippen molar-refractivity contribution in [1.82, 2.24) is 4.90 Å². The molecule has 0 saturated carbocycles. The maximum Gasteiger partial charge on any atom is 0.322 e. The monoisotopic (exact) mass is 374 g/mol. The molecule has 7 heteroatoms. The molecular weight excluding hydrogens is 349 g/mol. The van der Waals surface area contributed by atoms with Crippen LogP contribution in [0.2, 0.25) is 0 Å². The van der Waals surface area contributed by atoms with Crippen LogP contribution in [0.15, 0.2) is 42.5 Å². The van der Waals surface area contributed by atoms with Crippen molar-refractivity contribution in [3.63, 3.8) is 0 Å². The van der Waals surface area contributed by atoms with Crippen LogP contribution < -0.4 is 19.7 Å². The number of nitrogens with one attached hydrogen (secondary N) is 2. The summed E-state index contributed by atoms with van der Waals surface area (Å²) >= 11 is 0. The molecule has 2 aromatic carbocycles. The van der Waals surface area contributed by atoms with E-state index >= 15 is 0 Å². The van der Waals surface area contributed by atoms with Crippen LogP contribution in [0.4, 0.5) is 14.9 Å². The lowest BCUT2D eigenvalue weighted by atomic mass is 10.2. The van der Waals surface area contributed by atoms with Crippen LogP contribution >= 0.6 is 0 Å². The molecule has 1 aliphatic rings. The molecule has 0 atom stereocenters. The normalized spacial score (nSPS) is 14.7. The highest BCUT2D eigenvalue weighted by Crippen LogP contribution is 2.29. The first kappa shape index (κ1) is 19.0. The standard InChI is InChI=1S/C20H24FN3O3/c1-26-17-6-7-18(19(13-17)27-2)22-20(25)24-10-8-23(9-11-24)14-15-4-3-5-16(21)12-15/h3-7,12-13H,8-11,14H2,1-2H3,(H,22,25)/p+1. The van der Waals surface area contributed by atoms with Gasteiger partial charge in [-0.25, -0.2) is 9.18 Å². The quantitative estimate of drug-likeness (QED) is 0.839. The van der Waals surface area contributed by atoms with E-state index in [0.29, 0.717) is 30.3 Å². The Labute approximate surface area is 158 Å². The highest BCUT2D eigenvalue weighted by Gasteiger charge is 2.24. The van der Waals surface area contributed by atoms with Gasteiger partial charge in [0.2, 0.25) is 0 Å². The van der Waals surface area contributed by atoms with Crippen LogP contribution in [0.3, 0.4) is 0 Å². The summed E-state index contributed by atoms with van der Waals surface area (Å²) in [5.41, 5.74) is 1.59. The van der Waals surface area contributed by atoms with Gasteiger partial charge >= 0.3 is 6.03 Å². The fourth-order valence-electron chi connectivity index (χ4n) is 3.23. The van der Waals surface area contributed by atoms with E-state index < -0.39 is 0 Å². The van der Waals surface area contributed by atoms with Gasteiger partial charge in [-0.1, -0.05) is 12.1 Å². The number of piperazine rings is 1. The topological polar surface area (TPSA) is 55.2 Å². The number of halogens is 1. The second-order valence-electron chi connectivity index (χ2n) is 6.54. The number of methoxy groups -OCH3 is 2. The highest BCUT2D eigenvalue weighted by atomic mass is 19.1. The molecule has 0 spiro atoms. The van der Waals surface area contributed by atoms with Gasteiger partial charge in [-0.05, 0) is 24.3 Å². The number of carbonyl (C=O) groups excluding carboxylic acids is 1. The zero-order valence-electron chi connectivity index (χ0n) is 15.6. The summed E-state index contributed by atoms with van der Waals surface area (Å²) in [6, 6.07) is 11.8. The van der Waals surface area contributed by atoms with Crippen LogP contribution in [-0.2, 0) is 6.54 Å². The van der Waals surface area contributed by atoms with Gasteiger partial charge in [-0.15, -0.1) is 0 Å². The van der Waals surface area contributed by atoms with Crippen molar-refractivity contribution in [3.8, 4) is 11.5 Å². The number of ether oxygens (including phenoxy) is 2. The third-order valence-electron chi connectivity index (χ3n) is 4.75. The predicted octanol–water partition coefficient (Wildman–Crippen LogP) is 1.78. The van der Waals surface area contributed by atoms with Gasteiger partial charge in [0.25, 0.3) is 0 Å². The van der Waals surface area contributed by atoms with Crippen LogP contribution in [0.1, 0.15) is 5.56 Å². The zero-order chi connectivity index (χ0) is 19.2. The van der Waals surface area contributed by atoms with E-state index in [1.54, 1.807) is 49.5 Å². The molecule has 6 nitrogen and oxygen atoms in total. The van der Waals surface area contributed by atoms with Crippen LogP contribution in [0.25, 0.3) is 0 Å². The Morgan fingerprint density at radius 2 is 1.93 bits per heavy atom. The minimum atomic E-state index is -0.210. The number of benzene rings is 2. The highest BCUT2D eigenvalue weighted by molar-refractivity contribution is 5.91. The van der Waals surface area contributed by atoms with Gasteiger partial charge < -0.3 is 24.6 Å². The van der Waals surface area contributed by atoms with E-state index in [0.717, 1.165) is 25.2 Å². The number of carbonyl (C=O) groups is 1. The molecule has 1 heterocycles. The third kappa shape index (κ3) is 4.89.